The molecule has 0 saturated heterocycles. The minimum Gasteiger partial charge on any atom is -0.443 e. The van der Waals surface area contributed by atoms with E-state index in [-0.39, 0.29) is 24.1 Å². The fourth-order valence-electron chi connectivity index (χ4n) is 4.27. The Kier molecular flexibility index (Phi) is 6.11. The Morgan fingerprint density at radius 1 is 1.26 bits per heavy atom. The Morgan fingerprint density at radius 2 is 2.03 bits per heavy atom. The molecule has 1 unspecified atom stereocenters. The second kappa shape index (κ2) is 8.75. The third-order valence-corrected chi connectivity index (χ3v) is 6.68. The Balaban J connectivity index is 1.93. The van der Waals surface area contributed by atoms with Crippen molar-refractivity contribution in [3.05, 3.63) is 64.0 Å². The van der Waals surface area contributed by atoms with Crippen LogP contribution in [0.5, 0.6) is 0 Å². The molecule has 0 radical (unpaired) electrons. The van der Waals surface area contributed by atoms with Crippen molar-refractivity contribution >= 4 is 29.0 Å². The Hall–Kier alpha value is -3.41. The Labute approximate surface area is 202 Å². The number of nitrogens with one attached hydrogen (secondary N) is 1. The first-order valence-corrected chi connectivity index (χ1v) is 11.9. The van der Waals surface area contributed by atoms with Crippen LogP contribution in [0.15, 0.2) is 47.8 Å². The number of carbonyl (C=O) groups is 2. The summed E-state index contributed by atoms with van der Waals surface area (Å²) in [6.07, 6.45) is -0.628. The number of thiophene rings is 1. The highest BCUT2D eigenvalue weighted by Gasteiger charge is 2.44. The van der Waals surface area contributed by atoms with Gasteiger partial charge in [-0.2, -0.15) is 5.26 Å². The maximum atomic E-state index is 13.0. The van der Waals surface area contributed by atoms with Crippen molar-refractivity contribution in [3.63, 3.8) is 0 Å². The van der Waals surface area contributed by atoms with Gasteiger partial charge in [0.25, 0.3) is 0 Å². The van der Waals surface area contributed by atoms with E-state index in [2.05, 4.69) is 25.2 Å². The third kappa shape index (κ3) is 4.13. The number of aromatic nitrogens is 1. The summed E-state index contributed by atoms with van der Waals surface area (Å²) >= 11 is 1.57. The first-order chi connectivity index (χ1) is 16.1. The van der Waals surface area contributed by atoms with Crippen molar-refractivity contribution in [2.24, 2.45) is 5.92 Å². The van der Waals surface area contributed by atoms with Crippen LogP contribution in [0.2, 0.25) is 0 Å². The number of nitriles is 1. The lowest BCUT2D eigenvalue weighted by molar-refractivity contribution is -0.127. The summed E-state index contributed by atoms with van der Waals surface area (Å²) in [7, 11) is 0. The molecular formula is C26H27N3O4S. The van der Waals surface area contributed by atoms with Crippen molar-refractivity contribution < 1.29 is 19.1 Å². The van der Waals surface area contributed by atoms with E-state index in [4.69, 9.17) is 9.47 Å². The van der Waals surface area contributed by atoms with E-state index in [0.717, 1.165) is 10.4 Å². The Bertz CT molecular complexity index is 1280. The minimum absolute atomic E-state index is 0.000149. The fraction of sp³-hybridized carbons (Fsp3) is 0.346. The van der Waals surface area contributed by atoms with E-state index >= 15 is 0 Å². The average molecular weight is 478 g/mol. The molecule has 0 fully saturated rings. The standard InChI is InChI=1S/C26H27N3O4S/c1-16(2)26(22-7-6-12-34-22)19-13-17(8-10-20(19)28-23(30)15-32-26)21-11-9-18(14-27)29(21)24(31)33-25(3,4)5/h6-13,16H,15H2,1-5H3,(H,28,30). The molecule has 1 aromatic carbocycles. The molecule has 3 heterocycles. The highest BCUT2D eigenvalue weighted by atomic mass is 32.1. The van der Waals surface area contributed by atoms with Gasteiger partial charge in [0.15, 0.2) is 0 Å². The lowest BCUT2D eigenvalue weighted by Gasteiger charge is -2.37. The molecule has 1 amide bonds. The SMILES string of the molecule is CC(C)C1(c2cccs2)OCC(=O)Nc2ccc(-c3ccc(C#N)n3C(=O)OC(C)(C)C)cc21. The van der Waals surface area contributed by atoms with E-state index in [0.29, 0.717) is 16.9 Å². The highest BCUT2D eigenvalue weighted by Crippen LogP contribution is 2.47. The van der Waals surface area contributed by atoms with E-state index < -0.39 is 17.3 Å². The smallest absolute Gasteiger partial charge is 0.420 e. The van der Waals surface area contributed by atoms with Gasteiger partial charge in [-0.1, -0.05) is 26.0 Å². The number of fused-ring (bicyclic) bond motifs is 1. The van der Waals surface area contributed by atoms with Crippen LogP contribution in [0.1, 0.15) is 50.8 Å². The second-order valence-corrected chi connectivity index (χ2v) is 10.4. The van der Waals surface area contributed by atoms with Crippen LogP contribution in [0.4, 0.5) is 10.5 Å². The van der Waals surface area contributed by atoms with Crippen molar-refractivity contribution in [3.8, 4) is 17.3 Å². The molecule has 0 spiro atoms. The van der Waals surface area contributed by atoms with Gasteiger partial charge in [0.1, 0.15) is 29.6 Å². The molecule has 1 atom stereocenters. The summed E-state index contributed by atoms with van der Waals surface area (Å²) < 4.78 is 13.2. The molecule has 8 heteroatoms. The lowest BCUT2D eigenvalue weighted by Crippen LogP contribution is -2.36. The maximum Gasteiger partial charge on any atom is 0.420 e. The first-order valence-electron chi connectivity index (χ1n) is 11.0. The van der Waals surface area contributed by atoms with Crippen molar-refractivity contribution in [1.29, 1.82) is 5.26 Å². The molecule has 0 aliphatic carbocycles. The normalized spacial score (nSPS) is 18.1. The van der Waals surface area contributed by atoms with Gasteiger partial charge in [0, 0.05) is 16.1 Å². The van der Waals surface area contributed by atoms with Crippen molar-refractivity contribution in [2.75, 3.05) is 11.9 Å². The molecule has 1 N–H and O–H groups in total. The molecule has 7 nitrogen and oxygen atoms in total. The number of ether oxygens (including phenoxy) is 2. The number of benzene rings is 1. The Morgan fingerprint density at radius 3 is 2.65 bits per heavy atom. The van der Waals surface area contributed by atoms with Crippen LogP contribution in [0.3, 0.4) is 0 Å². The van der Waals surface area contributed by atoms with Crippen LogP contribution in [-0.4, -0.2) is 28.8 Å². The minimum atomic E-state index is -0.861. The molecule has 1 aliphatic heterocycles. The summed E-state index contributed by atoms with van der Waals surface area (Å²) in [6.45, 7) is 9.38. The summed E-state index contributed by atoms with van der Waals surface area (Å²) in [5.74, 6) is -0.225. The van der Waals surface area contributed by atoms with Crippen molar-refractivity contribution in [2.45, 2.75) is 45.8 Å². The number of carbonyl (C=O) groups excluding carboxylic acids is 2. The summed E-state index contributed by atoms with van der Waals surface area (Å²) in [6, 6.07) is 14.9. The number of amides is 1. The number of hydrogen-bond acceptors (Lipinski definition) is 6. The van der Waals surface area contributed by atoms with Gasteiger partial charge in [-0.15, -0.1) is 11.3 Å². The molecule has 2 aromatic heterocycles. The van der Waals surface area contributed by atoms with Gasteiger partial charge in [-0.3, -0.25) is 4.79 Å². The van der Waals surface area contributed by atoms with Gasteiger partial charge in [-0.05, 0) is 68.0 Å². The van der Waals surface area contributed by atoms with E-state index in [9.17, 15) is 14.9 Å². The van der Waals surface area contributed by atoms with Gasteiger partial charge in [-0.25, -0.2) is 9.36 Å². The van der Waals surface area contributed by atoms with Crippen molar-refractivity contribution in [1.82, 2.24) is 4.57 Å². The van der Waals surface area contributed by atoms with Crippen LogP contribution in [0, 0.1) is 17.2 Å². The van der Waals surface area contributed by atoms with Gasteiger partial charge < -0.3 is 14.8 Å². The van der Waals surface area contributed by atoms with Gasteiger partial charge in [0.05, 0.1) is 5.69 Å². The molecule has 34 heavy (non-hydrogen) atoms. The second-order valence-electron chi connectivity index (χ2n) is 9.50. The molecule has 0 bridgehead atoms. The zero-order valence-electron chi connectivity index (χ0n) is 19.8. The number of rotatable bonds is 3. The monoisotopic (exact) mass is 477 g/mol. The van der Waals surface area contributed by atoms with Gasteiger partial charge in [0.2, 0.25) is 5.91 Å². The predicted molar refractivity (Wildman–Crippen MR) is 131 cm³/mol. The summed E-state index contributed by atoms with van der Waals surface area (Å²) in [4.78, 5) is 26.5. The molecule has 4 rings (SSSR count). The highest BCUT2D eigenvalue weighted by molar-refractivity contribution is 7.10. The molecule has 176 valence electrons. The largest absolute Gasteiger partial charge is 0.443 e. The summed E-state index contributed by atoms with van der Waals surface area (Å²) in [5.41, 5.74) is 1.27. The third-order valence-electron chi connectivity index (χ3n) is 5.69. The fourth-order valence-corrected chi connectivity index (χ4v) is 5.31. The molecular weight excluding hydrogens is 450 g/mol. The number of anilines is 1. The zero-order valence-corrected chi connectivity index (χ0v) is 20.7. The first kappa shape index (κ1) is 23.7. The maximum absolute atomic E-state index is 13.0. The van der Waals surface area contributed by atoms with E-state index in [1.807, 2.05) is 35.7 Å². The van der Waals surface area contributed by atoms with E-state index in [1.165, 1.54) is 4.57 Å². The number of nitrogens with zero attached hydrogens (tertiary/aromatic N) is 2. The molecule has 3 aromatic rings. The lowest BCUT2D eigenvalue weighted by atomic mass is 9.80. The van der Waals surface area contributed by atoms with Gasteiger partial charge >= 0.3 is 6.09 Å². The van der Waals surface area contributed by atoms with Crippen LogP contribution in [0.25, 0.3) is 11.3 Å². The quantitative estimate of drug-likeness (QED) is 0.519. The zero-order chi connectivity index (χ0) is 24.7. The predicted octanol–water partition coefficient (Wildman–Crippen LogP) is 5.74. The van der Waals surface area contributed by atoms with E-state index in [1.54, 1.807) is 44.2 Å². The molecule has 1 aliphatic rings. The van der Waals surface area contributed by atoms with Crippen LogP contribution in [-0.2, 0) is 19.9 Å². The van der Waals surface area contributed by atoms with Crippen LogP contribution >= 0.6 is 11.3 Å². The number of hydrogen-bond donors (Lipinski definition) is 1. The summed E-state index contributed by atoms with van der Waals surface area (Å²) in [5, 5.41) is 14.6. The molecule has 0 saturated carbocycles. The topological polar surface area (TPSA) is 93.4 Å². The average Bonchev–Trinajstić information content (AvgIpc) is 3.41. The van der Waals surface area contributed by atoms with Crippen LogP contribution < -0.4 is 5.32 Å².